The molecule has 0 fully saturated rings. The summed E-state index contributed by atoms with van der Waals surface area (Å²) < 4.78 is 0. The maximum Gasteiger partial charge on any atom is 0.145 e. The van der Waals surface area contributed by atoms with Gasteiger partial charge in [0.15, 0.2) is 0 Å². The first kappa shape index (κ1) is 13.0. The van der Waals surface area contributed by atoms with E-state index in [9.17, 15) is 0 Å². The highest BCUT2D eigenvalue weighted by Gasteiger charge is 2.09. The Kier molecular flexibility index (Phi) is 3.79. The zero-order valence-electron chi connectivity index (χ0n) is 10.3. The Hall–Kier alpha value is -1.01. The quantitative estimate of drug-likeness (QED) is 0.681. The third-order valence-electron chi connectivity index (χ3n) is 2.74. The van der Waals surface area contributed by atoms with Crippen molar-refractivity contribution in [3.63, 3.8) is 0 Å². The van der Waals surface area contributed by atoms with Crippen LogP contribution < -0.4 is 0 Å². The van der Waals surface area contributed by atoms with E-state index in [2.05, 4.69) is 39.4 Å². The number of nitrogens with zero attached hydrogens (tertiary/aromatic N) is 3. The molecule has 3 aromatic heterocycles. The fraction of sp³-hybridized carbons (Fsp3) is 0.231. The molecule has 3 nitrogen and oxygen atoms in total. The molecule has 0 aliphatic rings. The lowest BCUT2D eigenvalue weighted by Gasteiger charge is -2.14. The minimum atomic E-state index is 0.547. The van der Waals surface area contributed by atoms with Crippen molar-refractivity contribution in [3.05, 3.63) is 44.8 Å². The van der Waals surface area contributed by atoms with Gasteiger partial charge in [-0.1, -0.05) is 17.7 Å². The Morgan fingerprint density at radius 1 is 1.16 bits per heavy atom. The molecular weight excluding hydrogens is 298 g/mol. The van der Waals surface area contributed by atoms with Crippen LogP contribution in [0.4, 0.5) is 0 Å². The normalized spacial score (nSPS) is 11.5. The second-order valence-corrected chi connectivity index (χ2v) is 6.61. The Bertz CT molecular complexity index is 678. The number of aromatic nitrogens is 2. The minimum Gasteiger partial charge on any atom is -0.294 e. The number of hydrogen-bond donors (Lipinski definition) is 0. The van der Waals surface area contributed by atoms with Crippen molar-refractivity contribution in [2.75, 3.05) is 7.05 Å². The van der Waals surface area contributed by atoms with E-state index in [0.717, 1.165) is 22.6 Å². The van der Waals surface area contributed by atoms with Crippen LogP contribution in [0.15, 0.2) is 29.0 Å². The van der Waals surface area contributed by atoms with Gasteiger partial charge in [-0.15, -0.1) is 22.7 Å². The summed E-state index contributed by atoms with van der Waals surface area (Å²) in [7, 11) is 2.07. The van der Waals surface area contributed by atoms with E-state index in [4.69, 9.17) is 11.6 Å². The van der Waals surface area contributed by atoms with Crippen LogP contribution in [0.25, 0.3) is 10.2 Å². The molecule has 0 saturated carbocycles. The molecule has 0 N–H and O–H groups in total. The van der Waals surface area contributed by atoms with E-state index < -0.39 is 0 Å². The standard InChI is InChI=1S/C13H12ClN3S2/c1-17(7-9-3-2-5-18-9)8-11-15-12(14)10-4-6-19-13(10)16-11/h2-6H,7-8H2,1H3. The van der Waals surface area contributed by atoms with Gasteiger partial charge in [-0.3, -0.25) is 4.90 Å². The lowest BCUT2D eigenvalue weighted by Crippen LogP contribution is -2.18. The van der Waals surface area contributed by atoms with Crippen molar-refractivity contribution < 1.29 is 0 Å². The molecule has 0 unspecified atom stereocenters. The lowest BCUT2D eigenvalue weighted by molar-refractivity contribution is 0.314. The third kappa shape index (κ3) is 2.95. The second-order valence-electron chi connectivity index (χ2n) is 4.32. The summed E-state index contributed by atoms with van der Waals surface area (Å²) >= 11 is 9.53. The highest BCUT2D eigenvalue weighted by molar-refractivity contribution is 7.16. The molecule has 3 heterocycles. The van der Waals surface area contributed by atoms with Crippen LogP contribution in [0.1, 0.15) is 10.7 Å². The van der Waals surface area contributed by atoms with Crippen LogP contribution >= 0.6 is 34.3 Å². The Morgan fingerprint density at radius 3 is 2.84 bits per heavy atom. The van der Waals surface area contributed by atoms with Gasteiger partial charge in [0.25, 0.3) is 0 Å². The second kappa shape index (κ2) is 5.54. The Morgan fingerprint density at radius 2 is 2.05 bits per heavy atom. The Balaban J connectivity index is 1.77. The van der Waals surface area contributed by atoms with Gasteiger partial charge in [0, 0.05) is 16.8 Å². The highest BCUT2D eigenvalue weighted by Crippen LogP contribution is 2.25. The van der Waals surface area contributed by atoms with Crippen molar-refractivity contribution in [3.8, 4) is 0 Å². The van der Waals surface area contributed by atoms with Gasteiger partial charge in [-0.2, -0.15) is 0 Å². The molecule has 0 saturated heterocycles. The summed E-state index contributed by atoms with van der Waals surface area (Å²) in [5.74, 6) is 0.777. The molecule has 0 aromatic carbocycles. The van der Waals surface area contributed by atoms with Gasteiger partial charge in [0.1, 0.15) is 15.8 Å². The summed E-state index contributed by atoms with van der Waals surface area (Å²) in [4.78, 5) is 13.4. The number of hydrogen-bond acceptors (Lipinski definition) is 5. The zero-order valence-corrected chi connectivity index (χ0v) is 12.7. The maximum atomic E-state index is 6.17. The molecule has 0 aliphatic heterocycles. The predicted molar refractivity (Wildman–Crippen MR) is 81.9 cm³/mol. The summed E-state index contributed by atoms with van der Waals surface area (Å²) in [5, 5.41) is 5.57. The predicted octanol–water partition coefficient (Wildman–Crippen LogP) is 4.04. The average Bonchev–Trinajstić information content (AvgIpc) is 2.99. The van der Waals surface area contributed by atoms with E-state index in [1.165, 1.54) is 4.88 Å². The zero-order chi connectivity index (χ0) is 13.2. The summed E-state index contributed by atoms with van der Waals surface area (Å²) in [6.07, 6.45) is 0. The van der Waals surface area contributed by atoms with E-state index in [1.807, 2.05) is 11.4 Å². The lowest BCUT2D eigenvalue weighted by atomic mass is 10.4. The van der Waals surface area contributed by atoms with Gasteiger partial charge >= 0.3 is 0 Å². The van der Waals surface area contributed by atoms with Gasteiger partial charge in [0.05, 0.1) is 6.54 Å². The van der Waals surface area contributed by atoms with E-state index >= 15 is 0 Å². The van der Waals surface area contributed by atoms with Crippen molar-refractivity contribution in [1.82, 2.24) is 14.9 Å². The van der Waals surface area contributed by atoms with Crippen molar-refractivity contribution in [1.29, 1.82) is 0 Å². The number of fused-ring (bicyclic) bond motifs is 1. The molecule has 0 atom stereocenters. The van der Waals surface area contributed by atoms with Gasteiger partial charge in [-0.25, -0.2) is 9.97 Å². The molecule has 19 heavy (non-hydrogen) atoms. The highest BCUT2D eigenvalue weighted by atomic mass is 35.5. The molecule has 0 amide bonds. The number of rotatable bonds is 4. The van der Waals surface area contributed by atoms with Crippen LogP contribution in [-0.2, 0) is 13.1 Å². The van der Waals surface area contributed by atoms with Crippen molar-refractivity contribution in [2.45, 2.75) is 13.1 Å². The summed E-state index contributed by atoms with van der Waals surface area (Å²) in [5.41, 5.74) is 0. The Labute approximate surface area is 124 Å². The fourth-order valence-corrected chi connectivity index (χ4v) is 3.77. The molecular formula is C13H12ClN3S2. The van der Waals surface area contributed by atoms with Crippen LogP contribution in [-0.4, -0.2) is 21.9 Å². The molecule has 3 aromatic rings. The first-order valence-electron chi connectivity index (χ1n) is 5.83. The van der Waals surface area contributed by atoms with Crippen LogP contribution in [0.5, 0.6) is 0 Å². The minimum absolute atomic E-state index is 0.547. The average molecular weight is 310 g/mol. The smallest absolute Gasteiger partial charge is 0.145 e. The topological polar surface area (TPSA) is 29.0 Å². The summed E-state index contributed by atoms with van der Waals surface area (Å²) in [6, 6.07) is 6.16. The molecule has 0 aliphatic carbocycles. The van der Waals surface area contributed by atoms with Gasteiger partial charge in [-0.05, 0) is 29.9 Å². The first-order valence-corrected chi connectivity index (χ1v) is 7.96. The molecule has 3 rings (SSSR count). The molecule has 0 bridgehead atoms. The van der Waals surface area contributed by atoms with Crippen molar-refractivity contribution >= 4 is 44.5 Å². The van der Waals surface area contributed by atoms with E-state index in [0.29, 0.717) is 11.7 Å². The molecule has 0 radical (unpaired) electrons. The molecule has 0 spiro atoms. The van der Waals surface area contributed by atoms with E-state index in [-0.39, 0.29) is 0 Å². The van der Waals surface area contributed by atoms with Crippen LogP contribution in [0.2, 0.25) is 5.15 Å². The monoisotopic (exact) mass is 309 g/mol. The van der Waals surface area contributed by atoms with E-state index in [1.54, 1.807) is 22.7 Å². The fourth-order valence-electron chi connectivity index (χ4n) is 1.90. The summed E-state index contributed by atoms with van der Waals surface area (Å²) in [6.45, 7) is 1.60. The van der Waals surface area contributed by atoms with Crippen LogP contribution in [0, 0.1) is 0 Å². The molecule has 98 valence electrons. The maximum absolute atomic E-state index is 6.17. The first-order chi connectivity index (χ1) is 9.22. The number of thiophene rings is 2. The number of halogens is 1. The SMILES string of the molecule is CN(Cc1nc(Cl)c2ccsc2n1)Cc1cccs1. The molecule has 6 heteroatoms. The van der Waals surface area contributed by atoms with Crippen LogP contribution in [0.3, 0.4) is 0 Å². The largest absolute Gasteiger partial charge is 0.294 e. The van der Waals surface area contributed by atoms with Crippen molar-refractivity contribution in [2.24, 2.45) is 0 Å². The van der Waals surface area contributed by atoms with Gasteiger partial charge < -0.3 is 0 Å². The van der Waals surface area contributed by atoms with Gasteiger partial charge in [0.2, 0.25) is 0 Å². The third-order valence-corrected chi connectivity index (χ3v) is 4.70.